The zero-order valence-electron chi connectivity index (χ0n) is 9.20. The first-order chi connectivity index (χ1) is 8.74. The molecule has 0 aliphatic rings. The molecule has 2 heterocycles. The molecule has 1 N–H and O–H groups in total. The number of pyridine rings is 1. The van der Waals surface area contributed by atoms with Crippen molar-refractivity contribution in [1.29, 1.82) is 0 Å². The second-order valence-electron chi connectivity index (χ2n) is 3.73. The second-order valence-corrected chi connectivity index (χ2v) is 3.73. The number of oxazole rings is 1. The van der Waals surface area contributed by atoms with E-state index >= 15 is 0 Å². The molecule has 0 aliphatic carbocycles. The van der Waals surface area contributed by atoms with Gasteiger partial charge in [-0.05, 0) is 36.4 Å². The first kappa shape index (κ1) is 10.5. The number of carboxylic acids is 1. The molecule has 2 aromatic heterocycles. The van der Waals surface area contributed by atoms with Crippen LogP contribution in [0, 0.1) is 0 Å². The molecular weight excluding hydrogens is 232 g/mol. The maximum atomic E-state index is 10.7. The van der Waals surface area contributed by atoms with E-state index < -0.39 is 5.97 Å². The number of carbonyl (C=O) groups is 1. The highest BCUT2D eigenvalue weighted by Gasteiger charge is 2.09. The van der Waals surface area contributed by atoms with Crippen molar-refractivity contribution in [3.05, 3.63) is 48.2 Å². The lowest BCUT2D eigenvalue weighted by atomic mass is 10.1. The second kappa shape index (κ2) is 3.96. The van der Waals surface area contributed by atoms with Gasteiger partial charge in [-0.2, -0.15) is 4.98 Å². The van der Waals surface area contributed by atoms with Crippen LogP contribution in [0.4, 0.5) is 0 Å². The quantitative estimate of drug-likeness (QED) is 0.745. The van der Waals surface area contributed by atoms with E-state index in [0.717, 1.165) is 5.56 Å². The summed E-state index contributed by atoms with van der Waals surface area (Å²) in [7, 11) is 0. The van der Waals surface area contributed by atoms with Crippen molar-refractivity contribution >= 4 is 17.2 Å². The van der Waals surface area contributed by atoms with Gasteiger partial charge in [0, 0.05) is 11.8 Å². The number of carboxylic acid groups (broad SMARTS) is 1. The third-order valence-electron chi connectivity index (χ3n) is 2.54. The molecule has 5 nitrogen and oxygen atoms in total. The van der Waals surface area contributed by atoms with E-state index in [9.17, 15) is 4.79 Å². The van der Waals surface area contributed by atoms with Crippen molar-refractivity contribution in [3.63, 3.8) is 0 Å². The van der Waals surface area contributed by atoms with E-state index in [-0.39, 0.29) is 5.56 Å². The maximum absolute atomic E-state index is 10.7. The van der Waals surface area contributed by atoms with Gasteiger partial charge in [0.1, 0.15) is 0 Å². The molecule has 18 heavy (non-hydrogen) atoms. The highest BCUT2D eigenvalue weighted by atomic mass is 16.4. The topological polar surface area (TPSA) is 76.2 Å². The smallest absolute Gasteiger partial charge is 0.335 e. The molecule has 1 aromatic carbocycles. The van der Waals surface area contributed by atoms with Gasteiger partial charge >= 0.3 is 5.97 Å². The molecule has 0 atom stereocenters. The fourth-order valence-corrected chi connectivity index (χ4v) is 1.65. The molecule has 5 heteroatoms. The van der Waals surface area contributed by atoms with Crippen molar-refractivity contribution in [2.24, 2.45) is 0 Å². The van der Waals surface area contributed by atoms with Gasteiger partial charge in [-0.25, -0.2) is 9.78 Å². The minimum absolute atomic E-state index is 0.230. The lowest BCUT2D eigenvalue weighted by Crippen LogP contribution is -1.94. The van der Waals surface area contributed by atoms with Crippen LogP contribution in [0.2, 0.25) is 0 Å². The van der Waals surface area contributed by atoms with Gasteiger partial charge in [0.15, 0.2) is 11.2 Å². The molecule has 88 valence electrons. The standard InChI is InChI=1S/C13H8N2O3/c16-13(17)9-5-3-8(4-6-9)12-15-11-10(18-12)2-1-7-14-11/h1-7H,(H,16,17). The number of rotatable bonds is 2. The Labute approximate surface area is 102 Å². The molecule has 0 saturated carbocycles. The Morgan fingerprint density at radius 1 is 1.17 bits per heavy atom. The molecule has 0 spiro atoms. The third-order valence-corrected chi connectivity index (χ3v) is 2.54. The van der Waals surface area contributed by atoms with Gasteiger partial charge in [-0.1, -0.05) is 0 Å². The van der Waals surface area contributed by atoms with Crippen molar-refractivity contribution in [2.45, 2.75) is 0 Å². The summed E-state index contributed by atoms with van der Waals surface area (Å²) in [6.07, 6.45) is 1.64. The van der Waals surface area contributed by atoms with Crippen LogP contribution in [-0.4, -0.2) is 21.0 Å². The number of hydrogen-bond acceptors (Lipinski definition) is 4. The van der Waals surface area contributed by atoms with E-state index in [0.29, 0.717) is 17.1 Å². The Morgan fingerprint density at radius 3 is 2.61 bits per heavy atom. The van der Waals surface area contributed by atoms with Gasteiger partial charge in [-0.15, -0.1) is 0 Å². The van der Waals surface area contributed by atoms with E-state index in [1.165, 1.54) is 12.1 Å². The summed E-state index contributed by atoms with van der Waals surface area (Å²) in [5.41, 5.74) is 2.09. The first-order valence-corrected chi connectivity index (χ1v) is 5.29. The Kier molecular flexibility index (Phi) is 2.30. The molecule has 0 aliphatic heterocycles. The molecular formula is C13H8N2O3. The Balaban J connectivity index is 2.06. The Bertz CT molecular complexity index is 683. The molecule has 3 rings (SSSR count). The van der Waals surface area contributed by atoms with E-state index in [1.807, 2.05) is 0 Å². The largest absolute Gasteiger partial charge is 0.478 e. The van der Waals surface area contributed by atoms with Crippen LogP contribution >= 0.6 is 0 Å². The number of fused-ring (bicyclic) bond motifs is 1. The summed E-state index contributed by atoms with van der Waals surface area (Å²) < 4.78 is 5.53. The van der Waals surface area contributed by atoms with Gasteiger partial charge in [-0.3, -0.25) is 0 Å². The zero-order valence-corrected chi connectivity index (χ0v) is 9.20. The van der Waals surface area contributed by atoms with E-state index in [2.05, 4.69) is 9.97 Å². The number of hydrogen-bond donors (Lipinski definition) is 1. The molecule has 0 amide bonds. The summed E-state index contributed by atoms with van der Waals surface area (Å²) >= 11 is 0. The van der Waals surface area contributed by atoms with Crippen LogP contribution in [0.3, 0.4) is 0 Å². The summed E-state index contributed by atoms with van der Waals surface area (Å²) in [6, 6.07) is 9.90. The first-order valence-electron chi connectivity index (χ1n) is 5.29. The van der Waals surface area contributed by atoms with Gasteiger partial charge < -0.3 is 9.52 Å². The molecule has 0 saturated heterocycles. The highest BCUT2D eigenvalue weighted by molar-refractivity contribution is 5.88. The number of nitrogens with zero attached hydrogens (tertiary/aromatic N) is 2. The van der Waals surface area contributed by atoms with Crippen molar-refractivity contribution in [1.82, 2.24) is 9.97 Å². The minimum Gasteiger partial charge on any atom is -0.478 e. The van der Waals surface area contributed by atoms with Gasteiger partial charge in [0.25, 0.3) is 0 Å². The summed E-state index contributed by atoms with van der Waals surface area (Å²) in [5.74, 6) is -0.526. The minimum atomic E-state index is -0.958. The van der Waals surface area contributed by atoms with Crippen molar-refractivity contribution in [2.75, 3.05) is 0 Å². The van der Waals surface area contributed by atoms with Crippen molar-refractivity contribution < 1.29 is 14.3 Å². The van der Waals surface area contributed by atoms with E-state index in [1.54, 1.807) is 30.5 Å². The fourth-order valence-electron chi connectivity index (χ4n) is 1.65. The number of aromatic carboxylic acids is 1. The highest BCUT2D eigenvalue weighted by Crippen LogP contribution is 2.23. The maximum Gasteiger partial charge on any atom is 0.335 e. The van der Waals surface area contributed by atoms with E-state index in [4.69, 9.17) is 9.52 Å². The summed E-state index contributed by atoms with van der Waals surface area (Å²) in [4.78, 5) is 19.0. The number of benzene rings is 1. The summed E-state index contributed by atoms with van der Waals surface area (Å²) in [6.45, 7) is 0. The zero-order chi connectivity index (χ0) is 12.5. The van der Waals surface area contributed by atoms with Gasteiger partial charge in [0.05, 0.1) is 5.56 Å². The average molecular weight is 240 g/mol. The lowest BCUT2D eigenvalue weighted by molar-refractivity contribution is 0.0697. The van der Waals surface area contributed by atoms with Crippen LogP contribution in [-0.2, 0) is 0 Å². The van der Waals surface area contributed by atoms with Gasteiger partial charge in [0.2, 0.25) is 5.89 Å². The number of aromatic nitrogens is 2. The van der Waals surface area contributed by atoms with Crippen LogP contribution in [0.5, 0.6) is 0 Å². The molecule has 0 radical (unpaired) electrons. The summed E-state index contributed by atoms with van der Waals surface area (Å²) in [5, 5.41) is 8.81. The normalized spacial score (nSPS) is 10.7. The van der Waals surface area contributed by atoms with Crippen LogP contribution in [0.25, 0.3) is 22.7 Å². The predicted molar refractivity (Wildman–Crippen MR) is 64.2 cm³/mol. The molecule has 0 unspecified atom stereocenters. The molecule has 3 aromatic rings. The third kappa shape index (κ3) is 1.71. The van der Waals surface area contributed by atoms with Crippen LogP contribution < -0.4 is 0 Å². The predicted octanol–water partition coefficient (Wildman–Crippen LogP) is 2.59. The Hall–Kier alpha value is -2.69. The van der Waals surface area contributed by atoms with Crippen LogP contribution in [0.15, 0.2) is 47.0 Å². The monoisotopic (exact) mass is 240 g/mol. The van der Waals surface area contributed by atoms with Crippen LogP contribution in [0.1, 0.15) is 10.4 Å². The van der Waals surface area contributed by atoms with Crippen molar-refractivity contribution in [3.8, 4) is 11.5 Å². The SMILES string of the molecule is O=C(O)c1ccc(-c2nc3ncccc3o2)cc1. The average Bonchev–Trinajstić information content (AvgIpc) is 2.82. The Morgan fingerprint density at radius 2 is 1.94 bits per heavy atom. The molecule has 0 fully saturated rings. The molecule has 0 bridgehead atoms. The fraction of sp³-hybridized carbons (Fsp3) is 0. The lowest BCUT2D eigenvalue weighted by Gasteiger charge is -1.96.